The number of nitrogens with zero attached hydrogens (tertiary/aromatic N) is 2. The average molecular weight is 217 g/mol. The molecule has 1 unspecified atom stereocenters. The van der Waals surface area contributed by atoms with Crippen molar-refractivity contribution in [1.29, 1.82) is 0 Å². The normalized spacial score (nSPS) is 12.5. The van der Waals surface area contributed by atoms with Crippen LogP contribution >= 0.6 is 23.1 Å². The van der Waals surface area contributed by atoms with Gasteiger partial charge in [0.25, 0.3) is 0 Å². The van der Waals surface area contributed by atoms with Crippen molar-refractivity contribution in [3.8, 4) is 0 Å². The summed E-state index contributed by atoms with van der Waals surface area (Å²) in [5, 5.41) is 10.2. The van der Waals surface area contributed by atoms with E-state index in [4.69, 9.17) is 0 Å². The van der Waals surface area contributed by atoms with Gasteiger partial charge in [-0.3, -0.25) is 4.79 Å². The molecule has 6 heteroatoms. The third-order valence-electron chi connectivity index (χ3n) is 1.49. The van der Waals surface area contributed by atoms with Crippen molar-refractivity contribution >= 4 is 29.0 Å². The molecule has 0 bridgehead atoms. The molecule has 0 aliphatic heterocycles. The van der Waals surface area contributed by atoms with Gasteiger partial charge in [-0.15, -0.1) is 10.2 Å². The first-order chi connectivity index (χ1) is 6.24. The topological polar surface area (TPSA) is 54.9 Å². The number of nitrogens with one attached hydrogen (secondary N) is 1. The Hall–Kier alpha value is -0.620. The number of carbonyl (C=O) groups is 1. The highest BCUT2D eigenvalue weighted by atomic mass is 32.2. The number of amides is 1. The Morgan fingerprint density at radius 1 is 1.85 bits per heavy atom. The SMILES string of the molecule is CNC(=O)C(C)CSc1nncs1. The molecule has 1 N–H and O–H groups in total. The highest BCUT2D eigenvalue weighted by Gasteiger charge is 2.11. The van der Waals surface area contributed by atoms with Crippen LogP contribution in [-0.4, -0.2) is 28.9 Å². The molecule has 0 saturated carbocycles. The lowest BCUT2D eigenvalue weighted by Crippen LogP contribution is -2.26. The summed E-state index contributed by atoms with van der Waals surface area (Å²) in [4.78, 5) is 11.1. The molecule has 1 atom stereocenters. The van der Waals surface area contributed by atoms with Crippen molar-refractivity contribution < 1.29 is 4.79 Å². The molecule has 0 saturated heterocycles. The highest BCUT2D eigenvalue weighted by molar-refractivity contribution is 8.01. The summed E-state index contributed by atoms with van der Waals surface area (Å²) in [6.45, 7) is 1.90. The van der Waals surface area contributed by atoms with E-state index in [9.17, 15) is 4.79 Å². The van der Waals surface area contributed by atoms with Crippen molar-refractivity contribution in [2.24, 2.45) is 5.92 Å². The lowest BCUT2D eigenvalue weighted by Gasteiger charge is -2.06. The van der Waals surface area contributed by atoms with Crippen LogP contribution in [0.3, 0.4) is 0 Å². The Labute approximate surface area is 85.1 Å². The van der Waals surface area contributed by atoms with Crippen LogP contribution < -0.4 is 5.32 Å². The molecule has 0 radical (unpaired) electrons. The summed E-state index contributed by atoms with van der Waals surface area (Å²) in [5.41, 5.74) is 1.69. The molecule has 4 nitrogen and oxygen atoms in total. The van der Waals surface area contributed by atoms with Crippen LogP contribution in [0.1, 0.15) is 6.92 Å². The molecule has 1 aromatic heterocycles. The van der Waals surface area contributed by atoms with Gasteiger partial charge in [-0.25, -0.2) is 0 Å². The summed E-state index contributed by atoms with van der Waals surface area (Å²) in [7, 11) is 1.65. The second-order valence-electron chi connectivity index (χ2n) is 2.53. The first kappa shape index (κ1) is 10.5. The third kappa shape index (κ3) is 3.31. The third-order valence-corrected chi connectivity index (χ3v) is 3.61. The first-order valence-corrected chi connectivity index (χ1v) is 5.71. The van der Waals surface area contributed by atoms with E-state index in [2.05, 4.69) is 15.5 Å². The van der Waals surface area contributed by atoms with E-state index in [1.165, 1.54) is 11.3 Å². The van der Waals surface area contributed by atoms with Gasteiger partial charge >= 0.3 is 0 Å². The zero-order valence-electron chi connectivity index (χ0n) is 7.48. The second-order valence-corrected chi connectivity index (χ2v) is 4.63. The van der Waals surface area contributed by atoms with Gasteiger partial charge in [0.05, 0.1) is 0 Å². The average Bonchev–Trinajstić information content (AvgIpc) is 2.65. The maximum absolute atomic E-state index is 11.1. The van der Waals surface area contributed by atoms with E-state index in [1.54, 1.807) is 24.3 Å². The Kier molecular flexibility index (Phi) is 4.17. The van der Waals surface area contributed by atoms with E-state index in [0.29, 0.717) is 0 Å². The van der Waals surface area contributed by atoms with Crippen molar-refractivity contribution in [3.05, 3.63) is 5.51 Å². The molecular weight excluding hydrogens is 206 g/mol. The molecule has 72 valence electrons. The van der Waals surface area contributed by atoms with Gasteiger partial charge in [-0.1, -0.05) is 30.0 Å². The Morgan fingerprint density at radius 3 is 3.15 bits per heavy atom. The molecule has 0 spiro atoms. The lowest BCUT2D eigenvalue weighted by molar-refractivity contribution is -0.123. The molecule has 0 aliphatic rings. The minimum absolute atomic E-state index is 0.0129. The molecule has 0 aromatic carbocycles. The van der Waals surface area contributed by atoms with E-state index in [0.717, 1.165) is 10.1 Å². The van der Waals surface area contributed by atoms with Crippen LogP contribution in [0.15, 0.2) is 9.85 Å². The quantitative estimate of drug-likeness (QED) is 0.765. The van der Waals surface area contributed by atoms with Gasteiger partial charge in [0.1, 0.15) is 5.51 Å². The molecule has 13 heavy (non-hydrogen) atoms. The van der Waals surface area contributed by atoms with Crippen molar-refractivity contribution in [3.63, 3.8) is 0 Å². The maximum Gasteiger partial charge on any atom is 0.223 e. The van der Waals surface area contributed by atoms with E-state index in [1.807, 2.05) is 6.92 Å². The summed E-state index contributed by atoms with van der Waals surface area (Å²) >= 11 is 3.06. The van der Waals surface area contributed by atoms with Crippen molar-refractivity contribution in [2.75, 3.05) is 12.8 Å². The molecule has 1 amide bonds. The molecule has 1 heterocycles. The molecule has 1 aromatic rings. The zero-order valence-corrected chi connectivity index (χ0v) is 9.11. The van der Waals surface area contributed by atoms with E-state index < -0.39 is 0 Å². The van der Waals surface area contributed by atoms with Gasteiger partial charge in [0.15, 0.2) is 4.34 Å². The van der Waals surface area contributed by atoms with E-state index >= 15 is 0 Å². The minimum Gasteiger partial charge on any atom is -0.359 e. The molecule has 0 aliphatic carbocycles. The fourth-order valence-electron chi connectivity index (χ4n) is 0.744. The predicted octanol–water partition coefficient (Wildman–Crippen LogP) is 1.01. The van der Waals surface area contributed by atoms with Crippen LogP contribution in [-0.2, 0) is 4.79 Å². The smallest absolute Gasteiger partial charge is 0.223 e. The first-order valence-electron chi connectivity index (χ1n) is 3.84. The lowest BCUT2D eigenvalue weighted by atomic mass is 10.2. The number of hydrogen-bond donors (Lipinski definition) is 1. The molecule has 0 fully saturated rings. The van der Waals surface area contributed by atoms with Crippen LogP contribution in [0.4, 0.5) is 0 Å². The number of hydrogen-bond acceptors (Lipinski definition) is 5. The van der Waals surface area contributed by atoms with Crippen LogP contribution in [0.5, 0.6) is 0 Å². The molecule has 1 rings (SSSR count). The van der Waals surface area contributed by atoms with Crippen LogP contribution in [0.2, 0.25) is 0 Å². The van der Waals surface area contributed by atoms with Crippen molar-refractivity contribution in [2.45, 2.75) is 11.3 Å². The van der Waals surface area contributed by atoms with Crippen LogP contribution in [0.25, 0.3) is 0 Å². The largest absolute Gasteiger partial charge is 0.359 e. The summed E-state index contributed by atoms with van der Waals surface area (Å²) < 4.78 is 0.913. The Bertz CT molecular complexity index is 263. The fourth-order valence-corrected chi connectivity index (χ4v) is 2.28. The standard InChI is InChI=1S/C7H11N3OS2/c1-5(6(11)8-2)3-12-7-10-9-4-13-7/h4-5H,3H2,1-2H3,(H,8,11). The van der Waals surface area contributed by atoms with Gasteiger partial charge in [-0.2, -0.15) is 0 Å². The number of carbonyl (C=O) groups excluding carboxylic acids is 1. The van der Waals surface area contributed by atoms with Gasteiger partial charge in [0.2, 0.25) is 5.91 Å². The number of rotatable bonds is 4. The second kappa shape index (κ2) is 5.18. The summed E-state index contributed by atoms with van der Waals surface area (Å²) in [6, 6.07) is 0. The monoisotopic (exact) mass is 217 g/mol. The summed E-state index contributed by atoms with van der Waals surface area (Å²) in [5.74, 6) is 0.824. The molecular formula is C7H11N3OS2. The Balaban J connectivity index is 2.30. The fraction of sp³-hybridized carbons (Fsp3) is 0.571. The Morgan fingerprint density at radius 2 is 2.62 bits per heavy atom. The number of thioether (sulfide) groups is 1. The minimum atomic E-state index is 0.0129. The van der Waals surface area contributed by atoms with E-state index in [-0.39, 0.29) is 11.8 Å². The van der Waals surface area contributed by atoms with Crippen molar-refractivity contribution in [1.82, 2.24) is 15.5 Å². The van der Waals surface area contributed by atoms with Gasteiger partial charge in [-0.05, 0) is 0 Å². The summed E-state index contributed by atoms with van der Waals surface area (Å²) in [6.07, 6.45) is 0. The highest BCUT2D eigenvalue weighted by Crippen LogP contribution is 2.21. The zero-order chi connectivity index (χ0) is 9.68. The van der Waals surface area contributed by atoms with Gasteiger partial charge < -0.3 is 5.32 Å². The number of aromatic nitrogens is 2. The predicted molar refractivity (Wildman–Crippen MR) is 53.9 cm³/mol. The van der Waals surface area contributed by atoms with Crippen LogP contribution in [0, 0.1) is 5.92 Å². The maximum atomic E-state index is 11.1. The van der Waals surface area contributed by atoms with Gasteiger partial charge in [0, 0.05) is 18.7 Å².